The number of H-pyrrole nitrogens is 1. The first-order chi connectivity index (χ1) is 23.3. The third-order valence-corrected chi connectivity index (χ3v) is 8.94. The number of hydrogen-bond acceptors (Lipinski definition) is 8. The monoisotopic (exact) mass is 670 g/mol. The van der Waals surface area contributed by atoms with Crippen molar-refractivity contribution in [3.8, 4) is 11.3 Å². The molecular weight excluding hydrogens is 620 g/mol. The van der Waals surface area contributed by atoms with Crippen LogP contribution in [-0.2, 0) is 27.4 Å². The molecule has 3 aliphatic rings. The molecule has 4 heterocycles. The standard InChI is InChI=1S/C38H50N6O5/c1-37(2,3)48-35(45)43-19-7-9-31(43)33-39-21-29(41-33)27-15-11-25(12-16-27)23-47-24-26-13-17-28(18-14-26)30-22-40-34(42-30)32-10-8-20-44(32)36(46)49-38(4,5)6/h11-18,21,30-32H,7-10,19-20,22-24H2,1-6H3,(H,39,41)(H,40,42)/t30?,31-,32-/m0/s1. The maximum absolute atomic E-state index is 12.8. The number of aliphatic imine (C=N–C) groups is 1. The zero-order chi connectivity index (χ0) is 34.8. The summed E-state index contributed by atoms with van der Waals surface area (Å²) in [5.41, 5.74) is 4.23. The van der Waals surface area contributed by atoms with E-state index in [1.807, 2.05) is 47.7 Å². The second kappa shape index (κ2) is 14.2. The van der Waals surface area contributed by atoms with Gasteiger partial charge in [-0.3, -0.25) is 14.8 Å². The van der Waals surface area contributed by atoms with Crippen molar-refractivity contribution >= 4 is 18.0 Å². The Hall–Kier alpha value is -4.38. The molecule has 262 valence electrons. The Bertz CT molecular complexity index is 1640. The molecule has 3 aromatic rings. The van der Waals surface area contributed by atoms with Crippen molar-refractivity contribution in [1.29, 1.82) is 0 Å². The number of ether oxygens (including phenoxy) is 3. The average Bonchev–Trinajstić information content (AvgIpc) is 3.86. The van der Waals surface area contributed by atoms with Gasteiger partial charge in [-0.15, -0.1) is 0 Å². The highest BCUT2D eigenvalue weighted by molar-refractivity contribution is 5.92. The lowest BCUT2D eigenvalue weighted by Crippen LogP contribution is -2.46. The molecule has 0 spiro atoms. The number of aromatic amines is 1. The summed E-state index contributed by atoms with van der Waals surface area (Å²) >= 11 is 0. The summed E-state index contributed by atoms with van der Waals surface area (Å²) in [5, 5.41) is 3.57. The number of amides is 2. The van der Waals surface area contributed by atoms with E-state index in [-0.39, 0.29) is 30.3 Å². The van der Waals surface area contributed by atoms with Crippen molar-refractivity contribution in [2.75, 3.05) is 19.6 Å². The number of hydrogen-bond donors (Lipinski definition) is 2. The summed E-state index contributed by atoms with van der Waals surface area (Å²) in [7, 11) is 0. The number of nitrogens with one attached hydrogen (secondary N) is 2. The molecule has 2 fully saturated rings. The van der Waals surface area contributed by atoms with Gasteiger partial charge in [0, 0.05) is 13.1 Å². The van der Waals surface area contributed by atoms with Crippen LogP contribution in [0.1, 0.15) is 102 Å². The van der Waals surface area contributed by atoms with Crippen LogP contribution >= 0.6 is 0 Å². The van der Waals surface area contributed by atoms with E-state index in [2.05, 4.69) is 63.8 Å². The third-order valence-electron chi connectivity index (χ3n) is 8.94. The second-order valence-corrected chi connectivity index (χ2v) is 15.2. The number of rotatable bonds is 8. The predicted molar refractivity (Wildman–Crippen MR) is 188 cm³/mol. The van der Waals surface area contributed by atoms with Crippen molar-refractivity contribution in [3.63, 3.8) is 0 Å². The topological polar surface area (TPSA) is 121 Å². The smallest absolute Gasteiger partial charge is 0.410 e. The molecule has 11 heteroatoms. The number of amidine groups is 1. The van der Waals surface area contributed by atoms with E-state index in [9.17, 15) is 9.59 Å². The summed E-state index contributed by atoms with van der Waals surface area (Å²) in [6, 6.07) is 16.6. The average molecular weight is 671 g/mol. The van der Waals surface area contributed by atoms with Gasteiger partial charge in [-0.1, -0.05) is 48.5 Å². The number of benzene rings is 2. The molecule has 1 aromatic heterocycles. The van der Waals surface area contributed by atoms with Gasteiger partial charge in [0.05, 0.1) is 49.8 Å². The summed E-state index contributed by atoms with van der Waals surface area (Å²) in [6.45, 7) is 14.3. The first-order valence-electron chi connectivity index (χ1n) is 17.4. The van der Waals surface area contributed by atoms with Crippen molar-refractivity contribution in [2.24, 2.45) is 4.99 Å². The zero-order valence-electron chi connectivity index (χ0n) is 29.6. The Balaban J connectivity index is 0.965. The molecule has 49 heavy (non-hydrogen) atoms. The van der Waals surface area contributed by atoms with Crippen molar-refractivity contribution in [2.45, 2.75) is 110 Å². The van der Waals surface area contributed by atoms with Gasteiger partial charge in [0.1, 0.15) is 22.9 Å². The first kappa shape index (κ1) is 34.5. The van der Waals surface area contributed by atoms with E-state index in [1.54, 1.807) is 9.80 Å². The minimum atomic E-state index is -0.534. The predicted octanol–water partition coefficient (Wildman–Crippen LogP) is 7.31. The number of carbonyl (C=O) groups is 2. The van der Waals surface area contributed by atoms with Gasteiger partial charge in [0.15, 0.2) is 0 Å². The maximum Gasteiger partial charge on any atom is 0.410 e. The fraction of sp³-hybridized carbons (Fsp3) is 0.526. The van der Waals surface area contributed by atoms with Crippen LogP contribution in [0.15, 0.2) is 59.7 Å². The van der Waals surface area contributed by atoms with Gasteiger partial charge in [-0.05, 0) is 89.5 Å². The Morgan fingerprint density at radius 3 is 1.94 bits per heavy atom. The fourth-order valence-corrected chi connectivity index (χ4v) is 6.60. The number of carbonyl (C=O) groups excluding carboxylic acids is 2. The summed E-state index contributed by atoms with van der Waals surface area (Å²) in [5.74, 6) is 1.66. The highest BCUT2D eigenvalue weighted by Gasteiger charge is 2.38. The lowest BCUT2D eigenvalue weighted by molar-refractivity contribution is 0.0216. The van der Waals surface area contributed by atoms with Crippen LogP contribution in [0.2, 0.25) is 0 Å². The van der Waals surface area contributed by atoms with Crippen LogP contribution in [0, 0.1) is 0 Å². The normalized spacial score (nSPS) is 21.1. The molecule has 6 rings (SSSR count). The molecule has 11 nitrogen and oxygen atoms in total. The van der Waals surface area contributed by atoms with Gasteiger partial charge in [-0.2, -0.15) is 0 Å². The summed E-state index contributed by atoms with van der Waals surface area (Å²) in [4.78, 5) is 41.9. The van der Waals surface area contributed by atoms with Crippen LogP contribution in [0.4, 0.5) is 9.59 Å². The quantitative estimate of drug-likeness (QED) is 0.258. The molecule has 2 saturated heterocycles. The van der Waals surface area contributed by atoms with Crippen molar-refractivity contribution < 1.29 is 23.8 Å². The third kappa shape index (κ3) is 8.62. The lowest BCUT2D eigenvalue weighted by atomic mass is 10.1. The molecule has 2 aromatic carbocycles. The number of nitrogens with zero attached hydrogens (tertiary/aromatic N) is 4. The highest BCUT2D eigenvalue weighted by Crippen LogP contribution is 2.33. The second-order valence-electron chi connectivity index (χ2n) is 15.2. The lowest BCUT2D eigenvalue weighted by Gasteiger charge is -2.29. The van der Waals surface area contributed by atoms with Gasteiger partial charge in [0.25, 0.3) is 0 Å². The molecule has 2 N–H and O–H groups in total. The van der Waals surface area contributed by atoms with Gasteiger partial charge in [0.2, 0.25) is 0 Å². The highest BCUT2D eigenvalue weighted by atomic mass is 16.6. The Kier molecular flexibility index (Phi) is 10.0. The number of likely N-dealkylation sites (tertiary alicyclic amines) is 2. The fourth-order valence-electron chi connectivity index (χ4n) is 6.60. The molecule has 1 unspecified atom stereocenters. The Morgan fingerprint density at radius 1 is 0.796 bits per heavy atom. The van der Waals surface area contributed by atoms with E-state index in [4.69, 9.17) is 19.2 Å². The molecule has 0 saturated carbocycles. The molecule has 0 bridgehead atoms. The summed E-state index contributed by atoms with van der Waals surface area (Å²) < 4.78 is 17.3. The minimum Gasteiger partial charge on any atom is -0.444 e. The van der Waals surface area contributed by atoms with Crippen LogP contribution in [0.5, 0.6) is 0 Å². The minimum absolute atomic E-state index is 0.0627. The summed E-state index contributed by atoms with van der Waals surface area (Å²) in [6.07, 6.45) is 4.87. The molecule has 3 atom stereocenters. The van der Waals surface area contributed by atoms with E-state index < -0.39 is 11.2 Å². The van der Waals surface area contributed by atoms with E-state index >= 15 is 0 Å². The van der Waals surface area contributed by atoms with Gasteiger partial charge < -0.3 is 24.5 Å². The molecule has 0 radical (unpaired) electrons. The largest absolute Gasteiger partial charge is 0.444 e. The van der Waals surface area contributed by atoms with Crippen molar-refractivity contribution in [3.05, 3.63) is 77.2 Å². The SMILES string of the molecule is CC(C)(C)OC(=O)N1CCC[C@H]1C1=NCC(c2ccc(COCc3ccc(-c4cnc([C@@H]5CCCN5C(=O)OC(C)(C)C)[nH]4)cc3)cc2)N1. The molecular formula is C38H50N6O5. The molecule has 0 aliphatic carbocycles. The van der Waals surface area contributed by atoms with Crippen LogP contribution < -0.4 is 5.32 Å². The Labute approximate surface area is 289 Å². The number of aromatic nitrogens is 2. The van der Waals surface area contributed by atoms with E-state index in [0.717, 1.165) is 65.3 Å². The first-order valence-corrected chi connectivity index (χ1v) is 17.4. The van der Waals surface area contributed by atoms with Crippen LogP contribution in [0.3, 0.4) is 0 Å². The van der Waals surface area contributed by atoms with E-state index in [0.29, 0.717) is 32.8 Å². The van der Waals surface area contributed by atoms with Crippen LogP contribution in [0.25, 0.3) is 11.3 Å². The maximum atomic E-state index is 12.8. The van der Waals surface area contributed by atoms with Crippen molar-refractivity contribution in [1.82, 2.24) is 25.1 Å². The van der Waals surface area contributed by atoms with Crippen LogP contribution in [-0.4, -0.2) is 74.7 Å². The van der Waals surface area contributed by atoms with E-state index in [1.165, 1.54) is 0 Å². The molecule has 3 aliphatic heterocycles. The van der Waals surface area contributed by atoms with Gasteiger partial charge >= 0.3 is 12.2 Å². The van der Waals surface area contributed by atoms with Gasteiger partial charge in [-0.25, -0.2) is 14.6 Å². The molecule has 2 amide bonds. The zero-order valence-corrected chi connectivity index (χ0v) is 29.6. The Morgan fingerprint density at radius 2 is 1.35 bits per heavy atom. The number of imidazole rings is 1.